The molecule has 0 aliphatic heterocycles. The molecule has 1 aromatic heterocycles. The highest BCUT2D eigenvalue weighted by molar-refractivity contribution is 6.18. The van der Waals surface area contributed by atoms with Gasteiger partial charge in [0.25, 0.3) is 0 Å². The summed E-state index contributed by atoms with van der Waals surface area (Å²) in [7, 11) is 1.90. The quantitative estimate of drug-likeness (QED) is 0.689. The summed E-state index contributed by atoms with van der Waals surface area (Å²) in [5.74, 6) is 0.708. The highest BCUT2D eigenvalue weighted by Gasteiger charge is 2.28. The van der Waals surface area contributed by atoms with Crippen LogP contribution < -0.4 is 0 Å². The summed E-state index contributed by atoms with van der Waals surface area (Å²) in [6, 6.07) is 0. The molecule has 1 atom stereocenters. The fourth-order valence-corrected chi connectivity index (χ4v) is 2.43. The first-order valence-electron chi connectivity index (χ1n) is 6.07. The number of aromatic nitrogens is 3. The smallest absolute Gasteiger partial charge is 0.0832 e. The van der Waals surface area contributed by atoms with Gasteiger partial charge in [0.1, 0.15) is 0 Å². The molecule has 0 N–H and O–H groups in total. The molecule has 1 aromatic rings. The van der Waals surface area contributed by atoms with Crippen molar-refractivity contribution in [1.29, 1.82) is 0 Å². The summed E-state index contributed by atoms with van der Waals surface area (Å²) in [5.41, 5.74) is 1.26. The van der Waals surface area contributed by atoms with Crippen molar-refractivity contribution in [2.24, 2.45) is 12.5 Å². The maximum atomic E-state index is 6.16. The van der Waals surface area contributed by atoms with Gasteiger partial charge in [0.05, 0.1) is 5.69 Å². The topological polar surface area (TPSA) is 30.7 Å². The zero-order valence-corrected chi connectivity index (χ0v) is 11.3. The van der Waals surface area contributed by atoms with Crippen LogP contribution in [0.1, 0.15) is 45.2 Å². The van der Waals surface area contributed by atoms with Crippen LogP contribution >= 0.6 is 11.6 Å². The zero-order valence-electron chi connectivity index (χ0n) is 10.5. The predicted octanol–water partition coefficient (Wildman–Crippen LogP) is 3.18. The molecule has 92 valence electrons. The van der Waals surface area contributed by atoms with Crippen molar-refractivity contribution in [3.8, 4) is 0 Å². The molecule has 16 heavy (non-hydrogen) atoms. The molecule has 0 bridgehead atoms. The molecule has 0 aliphatic carbocycles. The lowest BCUT2D eigenvalue weighted by Gasteiger charge is -2.29. The highest BCUT2D eigenvalue weighted by atomic mass is 35.5. The molecule has 0 fully saturated rings. The van der Waals surface area contributed by atoms with E-state index < -0.39 is 0 Å². The van der Waals surface area contributed by atoms with Crippen molar-refractivity contribution in [3.63, 3.8) is 0 Å². The van der Waals surface area contributed by atoms with Gasteiger partial charge in [0, 0.05) is 19.1 Å². The predicted molar refractivity (Wildman–Crippen MR) is 67.7 cm³/mol. The van der Waals surface area contributed by atoms with Crippen LogP contribution in [-0.2, 0) is 13.5 Å². The molecule has 1 rings (SSSR count). The summed E-state index contributed by atoms with van der Waals surface area (Å²) >= 11 is 6.16. The molecule has 0 saturated carbocycles. The van der Waals surface area contributed by atoms with E-state index >= 15 is 0 Å². The average Bonchev–Trinajstić information content (AvgIpc) is 2.70. The summed E-state index contributed by atoms with van der Waals surface area (Å²) in [4.78, 5) is 0. The summed E-state index contributed by atoms with van der Waals surface area (Å²) in [5, 5.41) is 8.13. The van der Waals surface area contributed by atoms with E-state index in [-0.39, 0.29) is 5.41 Å². The summed E-state index contributed by atoms with van der Waals surface area (Å²) in [6.07, 6.45) is 7.68. The van der Waals surface area contributed by atoms with Crippen molar-refractivity contribution in [1.82, 2.24) is 15.0 Å². The van der Waals surface area contributed by atoms with E-state index in [0.29, 0.717) is 5.88 Å². The maximum absolute atomic E-state index is 6.16. The van der Waals surface area contributed by atoms with E-state index in [1.165, 1.54) is 19.3 Å². The first kappa shape index (κ1) is 13.5. The van der Waals surface area contributed by atoms with Crippen molar-refractivity contribution in [2.45, 2.75) is 46.0 Å². The van der Waals surface area contributed by atoms with Crippen LogP contribution in [0.5, 0.6) is 0 Å². The Labute approximate surface area is 103 Å². The molecule has 0 amide bonds. The zero-order chi connectivity index (χ0) is 12.0. The second kappa shape index (κ2) is 6.24. The summed E-state index contributed by atoms with van der Waals surface area (Å²) < 4.78 is 1.75. The monoisotopic (exact) mass is 243 g/mol. The lowest BCUT2D eigenvalue weighted by molar-refractivity contribution is 0.276. The number of halogens is 1. The van der Waals surface area contributed by atoms with E-state index in [1.54, 1.807) is 4.68 Å². The van der Waals surface area contributed by atoms with Crippen LogP contribution in [0, 0.1) is 5.41 Å². The van der Waals surface area contributed by atoms with E-state index in [2.05, 4.69) is 24.2 Å². The third-order valence-electron chi connectivity index (χ3n) is 3.30. The largest absolute Gasteiger partial charge is 0.255 e. The Balaban J connectivity index is 2.69. The van der Waals surface area contributed by atoms with Gasteiger partial charge in [0.15, 0.2) is 0 Å². The van der Waals surface area contributed by atoms with Crippen molar-refractivity contribution in [2.75, 3.05) is 5.88 Å². The second-order valence-electron chi connectivity index (χ2n) is 4.65. The van der Waals surface area contributed by atoms with Crippen molar-refractivity contribution < 1.29 is 0 Å². The molecule has 0 spiro atoms. The lowest BCUT2D eigenvalue weighted by atomic mass is 9.78. The first-order valence-corrected chi connectivity index (χ1v) is 6.60. The number of hydrogen-bond donors (Lipinski definition) is 0. The molecule has 0 radical (unpaired) electrons. The maximum Gasteiger partial charge on any atom is 0.0832 e. The van der Waals surface area contributed by atoms with Gasteiger partial charge in [-0.15, -0.1) is 16.7 Å². The first-order chi connectivity index (χ1) is 7.65. The molecule has 4 heteroatoms. The van der Waals surface area contributed by atoms with Crippen LogP contribution in [0.15, 0.2) is 6.20 Å². The Bertz CT molecular complexity index is 305. The molecule has 1 heterocycles. The lowest BCUT2D eigenvalue weighted by Crippen LogP contribution is -2.25. The molecular weight excluding hydrogens is 222 g/mol. The number of nitrogens with zero attached hydrogens (tertiary/aromatic N) is 3. The van der Waals surface area contributed by atoms with Crippen molar-refractivity contribution >= 4 is 11.6 Å². The minimum atomic E-state index is 0.202. The van der Waals surface area contributed by atoms with Gasteiger partial charge in [-0.25, -0.2) is 0 Å². The van der Waals surface area contributed by atoms with Crippen LogP contribution in [0.3, 0.4) is 0 Å². The van der Waals surface area contributed by atoms with Gasteiger partial charge < -0.3 is 0 Å². The molecular formula is C12H22ClN3. The van der Waals surface area contributed by atoms with Crippen LogP contribution in [-0.4, -0.2) is 20.9 Å². The fourth-order valence-electron chi connectivity index (χ4n) is 2.01. The normalized spacial score (nSPS) is 15.0. The Morgan fingerprint density at radius 3 is 2.62 bits per heavy atom. The molecule has 0 saturated heterocycles. The van der Waals surface area contributed by atoms with Gasteiger partial charge in [-0.05, 0) is 24.7 Å². The SMILES string of the molecule is CCCCC(CC)(CCl)Cc1cn(C)nn1. The van der Waals surface area contributed by atoms with Gasteiger partial charge in [-0.1, -0.05) is 31.9 Å². The number of alkyl halides is 1. The highest BCUT2D eigenvalue weighted by Crippen LogP contribution is 2.33. The molecule has 1 unspecified atom stereocenters. The third-order valence-corrected chi connectivity index (χ3v) is 3.87. The van der Waals surface area contributed by atoms with Gasteiger partial charge in [0.2, 0.25) is 0 Å². The standard InChI is InChI=1S/C12H22ClN3/c1-4-6-7-12(5-2,10-13)8-11-9-16(3)15-14-11/h9H,4-8,10H2,1-3H3. The van der Waals surface area contributed by atoms with E-state index in [4.69, 9.17) is 11.6 Å². The average molecular weight is 244 g/mol. The fraction of sp³-hybridized carbons (Fsp3) is 0.833. The minimum absolute atomic E-state index is 0.202. The third kappa shape index (κ3) is 3.48. The van der Waals surface area contributed by atoms with Crippen LogP contribution in [0.4, 0.5) is 0 Å². The molecule has 0 aliphatic rings. The van der Waals surface area contributed by atoms with Gasteiger partial charge in [-0.2, -0.15) is 0 Å². The van der Waals surface area contributed by atoms with Gasteiger partial charge in [-0.3, -0.25) is 4.68 Å². The number of hydrogen-bond acceptors (Lipinski definition) is 2. The molecule has 0 aromatic carbocycles. The Hall–Kier alpha value is -0.570. The van der Waals surface area contributed by atoms with E-state index in [1.807, 2.05) is 13.2 Å². The number of aryl methyl sites for hydroxylation is 1. The molecule has 3 nitrogen and oxygen atoms in total. The van der Waals surface area contributed by atoms with Gasteiger partial charge >= 0.3 is 0 Å². The van der Waals surface area contributed by atoms with Crippen molar-refractivity contribution in [3.05, 3.63) is 11.9 Å². The van der Waals surface area contributed by atoms with Crippen LogP contribution in [0.2, 0.25) is 0 Å². The minimum Gasteiger partial charge on any atom is -0.255 e. The van der Waals surface area contributed by atoms with E-state index in [9.17, 15) is 0 Å². The Morgan fingerprint density at radius 1 is 1.44 bits per heavy atom. The summed E-state index contributed by atoms with van der Waals surface area (Å²) in [6.45, 7) is 4.44. The second-order valence-corrected chi connectivity index (χ2v) is 4.92. The van der Waals surface area contributed by atoms with Crippen LogP contribution in [0.25, 0.3) is 0 Å². The Morgan fingerprint density at radius 2 is 2.19 bits per heavy atom. The van der Waals surface area contributed by atoms with E-state index in [0.717, 1.165) is 18.5 Å². The number of unbranched alkanes of at least 4 members (excludes halogenated alkanes) is 1. The number of rotatable bonds is 7. The Kier molecular flexibility index (Phi) is 5.26.